The molecule has 0 aliphatic rings. The highest BCUT2D eigenvalue weighted by molar-refractivity contribution is 5.84. The number of benzene rings is 1. The van der Waals surface area contributed by atoms with Crippen LogP contribution < -0.4 is 4.74 Å². The first-order valence-electron chi connectivity index (χ1n) is 3.88. The molecule has 0 atom stereocenters. The molecule has 1 aromatic heterocycles. The van der Waals surface area contributed by atoms with Crippen LogP contribution >= 0.6 is 0 Å². The van der Waals surface area contributed by atoms with Crippen molar-refractivity contribution in [3.63, 3.8) is 0 Å². The second kappa shape index (κ2) is 2.73. The average molecular weight is 180 g/mol. The Morgan fingerprint density at radius 2 is 2.23 bits per heavy atom. The molecule has 0 aliphatic carbocycles. The molecule has 4 heteroatoms. The van der Waals surface area contributed by atoms with E-state index in [-0.39, 0.29) is 5.82 Å². The SMILES string of the molecule is COc1nn(C)c2ccc(F)cc12. The van der Waals surface area contributed by atoms with Crippen molar-refractivity contribution in [1.82, 2.24) is 9.78 Å². The van der Waals surface area contributed by atoms with Gasteiger partial charge in [0.05, 0.1) is 18.0 Å². The molecule has 1 aromatic carbocycles. The number of methoxy groups -OCH3 is 1. The number of aryl methyl sites for hydroxylation is 1. The van der Waals surface area contributed by atoms with Gasteiger partial charge >= 0.3 is 0 Å². The zero-order valence-corrected chi connectivity index (χ0v) is 7.41. The van der Waals surface area contributed by atoms with Gasteiger partial charge in [-0.15, -0.1) is 5.10 Å². The Morgan fingerprint density at radius 3 is 2.92 bits per heavy atom. The van der Waals surface area contributed by atoms with Crippen molar-refractivity contribution in [2.24, 2.45) is 7.05 Å². The molecule has 3 nitrogen and oxygen atoms in total. The Morgan fingerprint density at radius 1 is 1.46 bits per heavy atom. The molecule has 0 saturated heterocycles. The van der Waals surface area contributed by atoms with Crippen LogP contribution in [0.1, 0.15) is 0 Å². The standard InChI is InChI=1S/C9H9FN2O/c1-12-8-4-3-6(10)5-7(8)9(11-12)13-2/h3-5H,1-2H3. The predicted molar refractivity (Wildman–Crippen MR) is 47.2 cm³/mol. The molecule has 0 fully saturated rings. The molecular formula is C9H9FN2O. The number of nitrogens with zero attached hydrogens (tertiary/aromatic N) is 2. The molecule has 2 aromatic rings. The third-order valence-corrected chi connectivity index (χ3v) is 1.97. The zero-order valence-electron chi connectivity index (χ0n) is 7.41. The van der Waals surface area contributed by atoms with Crippen molar-refractivity contribution < 1.29 is 9.13 Å². The number of rotatable bonds is 1. The highest BCUT2D eigenvalue weighted by atomic mass is 19.1. The molecule has 0 saturated carbocycles. The van der Waals surface area contributed by atoms with Gasteiger partial charge in [-0.2, -0.15) is 0 Å². The molecule has 0 aliphatic heterocycles. The Bertz CT molecular complexity index is 450. The first-order chi connectivity index (χ1) is 6.22. The van der Waals surface area contributed by atoms with Gasteiger partial charge in [0.1, 0.15) is 5.82 Å². The molecule has 1 heterocycles. The number of halogens is 1. The number of hydrogen-bond donors (Lipinski definition) is 0. The fourth-order valence-corrected chi connectivity index (χ4v) is 1.36. The third-order valence-electron chi connectivity index (χ3n) is 1.97. The van der Waals surface area contributed by atoms with E-state index in [4.69, 9.17) is 4.74 Å². The molecule has 0 bridgehead atoms. The summed E-state index contributed by atoms with van der Waals surface area (Å²) in [4.78, 5) is 0. The van der Waals surface area contributed by atoms with Crippen molar-refractivity contribution in [1.29, 1.82) is 0 Å². The van der Waals surface area contributed by atoms with Gasteiger partial charge in [-0.05, 0) is 18.2 Å². The lowest BCUT2D eigenvalue weighted by Crippen LogP contribution is -1.90. The van der Waals surface area contributed by atoms with Crippen molar-refractivity contribution in [2.75, 3.05) is 7.11 Å². The van der Waals surface area contributed by atoms with E-state index < -0.39 is 0 Å². The summed E-state index contributed by atoms with van der Waals surface area (Å²) < 4.78 is 19.5. The molecule has 13 heavy (non-hydrogen) atoms. The van der Waals surface area contributed by atoms with E-state index in [1.165, 1.54) is 19.2 Å². The topological polar surface area (TPSA) is 27.1 Å². The lowest BCUT2D eigenvalue weighted by molar-refractivity contribution is 0.396. The fourth-order valence-electron chi connectivity index (χ4n) is 1.36. The number of hydrogen-bond acceptors (Lipinski definition) is 2. The minimum atomic E-state index is -0.279. The first-order valence-corrected chi connectivity index (χ1v) is 3.88. The largest absolute Gasteiger partial charge is 0.479 e. The number of ether oxygens (including phenoxy) is 1. The van der Waals surface area contributed by atoms with Crippen LogP contribution in [0.25, 0.3) is 10.9 Å². The van der Waals surface area contributed by atoms with Crippen LogP contribution in [-0.4, -0.2) is 16.9 Å². The van der Waals surface area contributed by atoms with Crippen molar-refractivity contribution in [2.45, 2.75) is 0 Å². The van der Waals surface area contributed by atoms with E-state index in [9.17, 15) is 4.39 Å². The van der Waals surface area contributed by atoms with Gasteiger partial charge in [0.15, 0.2) is 0 Å². The molecular weight excluding hydrogens is 171 g/mol. The zero-order chi connectivity index (χ0) is 9.42. The van der Waals surface area contributed by atoms with E-state index in [0.29, 0.717) is 11.3 Å². The van der Waals surface area contributed by atoms with Crippen molar-refractivity contribution in [3.05, 3.63) is 24.0 Å². The summed E-state index contributed by atoms with van der Waals surface area (Å²) in [6.45, 7) is 0. The van der Waals surface area contributed by atoms with Gasteiger partial charge in [0.2, 0.25) is 5.88 Å². The molecule has 0 unspecified atom stereocenters. The van der Waals surface area contributed by atoms with Gasteiger partial charge in [0.25, 0.3) is 0 Å². The Balaban J connectivity index is 2.81. The lowest BCUT2D eigenvalue weighted by atomic mass is 10.2. The molecule has 0 amide bonds. The minimum absolute atomic E-state index is 0.279. The number of fused-ring (bicyclic) bond motifs is 1. The van der Waals surface area contributed by atoms with Gasteiger partial charge in [0, 0.05) is 7.05 Å². The van der Waals surface area contributed by atoms with Crippen LogP contribution in [0.3, 0.4) is 0 Å². The van der Waals surface area contributed by atoms with Gasteiger partial charge in [-0.1, -0.05) is 0 Å². The summed E-state index contributed by atoms with van der Waals surface area (Å²) in [7, 11) is 3.31. The molecule has 2 rings (SSSR count). The Labute approximate surface area is 74.7 Å². The summed E-state index contributed by atoms with van der Waals surface area (Å²) in [5, 5.41) is 4.78. The molecule has 0 spiro atoms. The summed E-state index contributed by atoms with van der Waals surface area (Å²) in [6.07, 6.45) is 0. The Hall–Kier alpha value is -1.58. The van der Waals surface area contributed by atoms with Crippen molar-refractivity contribution in [3.8, 4) is 5.88 Å². The molecule has 0 radical (unpaired) electrons. The highest BCUT2D eigenvalue weighted by Crippen LogP contribution is 2.24. The number of aromatic nitrogens is 2. The van der Waals surface area contributed by atoms with E-state index in [1.807, 2.05) is 0 Å². The lowest BCUT2D eigenvalue weighted by Gasteiger charge is -1.93. The summed E-state index contributed by atoms with van der Waals surface area (Å²) in [6, 6.07) is 4.50. The van der Waals surface area contributed by atoms with Crippen LogP contribution in [0, 0.1) is 5.82 Å². The third kappa shape index (κ3) is 1.14. The quantitative estimate of drug-likeness (QED) is 0.668. The molecule has 0 N–H and O–H groups in total. The van der Waals surface area contributed by atoms with Crippen LogP contribution in [0.4, 0.5) is 4.39 Å². The van der Waals surface area contributed by atoms with E-state index in [2.05, 4.69) is 5.10 Å². The second-order valence-electron chi connectivity index (χ2n) is 2.79. The minimum Gasteiger partial charge on any atom is -0.479 e. The second-order valence-corrected chi connectivity index (χ2v) is 2.79. The summed E-state index contributed by atoms with van der Waals surface area (Å²) >= 11 is 0. The van der Waals surface area contributed by atoms with Gasteiger partial charge < -0.3 is 4.74 Å². The van der Waals surface area contributed by atoms with Crippen LogP contribution in [0.5, 0.6) is 5.88 Å². The van der Waals surface area contributed by atoms with Gasteiger partial charge in [-0.25, -0.2) is 4.39 Å². The maximum absolute atomic E-state index is 12.9. The van der Waals surface area contributed by atoms with E-state index >= 15 is 0 Å². The Kier molecular flexibility index (Phi) is 1.69. The maximum Gasteiger partial charge on any atom is 0.240 e. The monoisotopic (exact) mass is 180 g/mol. The normalized spacial score (nSPS) is 10.7. The highest BCUT2D eigenvalue weighted by Gasteiger charge is 2.08. The summed E-state index contributed by atoms with van der Waals surface area (Å²) in [5.74, 6) is 0.177. The molecule has 68 valence electrons. The first kappa shape index (κ1) is 8.04. The van der Waals surface area contributed by atoms with Crippen LogP contribution in [0.2, 0.25) is 0 Å². The fraction of sp³-hybridized carbons (Fsp3) is 0.222. The average Bonchev–Trinajstić information content (AvgIpc) is 2.42. The predicted octanol–water partition coefficient (Wildman–Crippen LogP) is 1.72. The van der Waals surface area contributed by atoms with E-state index in [0.717, 1.165) is 5.52 Å². The maximum atomic E-state index is 12.9. The summed E-state index contributed by atoms with van der Waals surface area (Å²) in [5.41, 5.74) is 0.859. The van der Waals surface area contributed by atoms with E-state index in [1.54, 1.807) is 17.8 Å². The van der Waals surface area contributed by atoms with Crippen LogP contribution in [0.15, 0.2) is 18.2 Å². The van der Waals surface area contributed by atoms with Gasteiger partial charge in [-0.3, -0.25) is 4.68 Å². The smallest absolute Gasteiger partial charge is 0.240 e. The van der Waals surface area contributed by atoms with Crippen LogP contribution in [-0.2, 0) is 7.05 Å². The van der Waals surface area contributed by atoms with Crippen molar-refractivity contribution >= 4 is 10.9 Å².